The Hall–Kier alpha value is -2.29. The summed E-state index contributed by atoms with van der Waals surface area (Å²) in [6.45, 7) is 4.10. The van der Waals surface area contributed by atoms with Gasteiger partial charge >= 0.3 is 11.9 Å². The first-order chi connectivity index (χ1) is 29.0. The molecule has 348 valence electrons. The molecule has 0 aliphatic carbocycles. The molecule has 0 heterocycles. The molecule has 0 N–H and O–H groups in total. The topological polar surface area (TPSA) is 111 Å². The minimum atomic E-state index is -4.63. The summed E-state index contributed by atoms with van der Waals surface area (Å²) in [6.07, 6.45) is 51.0. The van der Waals surface area contributed by atoms with E-state index >= 15 is 0 Å². The number of carbonyl (C=O) groups excluding carboxylic acids is 2. The predicted molar refractivity (Wildman–Crippen MR) is 250 cm³/mol. The van der Waals surface area contributed by atoms with Crippen LogP contribution in [-0.4, -0.2) is 70.0 Å². The molecule has 2 atom stereocenters. The first-order valence-electron chi connectivity index (χ1n) is 24.0. The number of esters is 2. The molecule has 0 aromatic rings. The van der Waals surface area contributed by atoms with Crippen LogP contribution in [0.25, 0.3) is 0 Å². The van der Waals surface area contributed by atoms with Crippen molar-refractivity contribution < 1.29 is 42.1 Å². The maximum absolute atomic E-state index is 12.7. The van der Waals surface area contributed by atoms with Crippen molar-refractivity contribution in [2.24, 2.45) is 0 Å². The quantitative estimate of drug-likeness (QED) is 0.0196. The number of phosphoric ester groups is 1. The molecule has 10 heteroatoms. The van der Waals surface area contributed by atoms with Gasteiger partial charge in [-0.2, -0.15) is 0 Å². The average molecular weight is 864 g/mol. The van der Waals surface area contributed by atoms with Crippen molar-refractivity contribution in [2.75, 3.05) is 47.5 Å². The molecule has 0 spiro atoms. The van der Waals surface area contributed by atoms with Crippen molar-refractivity contribution in [3.63, 3.8) is 0 Å². The SMILES string of the molecule is CC/C=C\C/C=C\C/C=C\C/C=C\C/C=C\CCCCCCCCCC(=O)OC(COC(=O)CCCCCCCCCCCCCCC)COP(=O)([O-])OCC[N+](C)(C)C. The number of ether oxygens (including phenoxy) is 2. The molecule has 2 unspecified atom stereocenters. The molecule has 0 aliphatic heterocycles. The minimum Gasteiger partial charge on any atom is -0.756 e. The van der Waals surface area contributed by atoms with Gasteiger partial charge in [0.05, 0.1) is 27.7 Å². The van der Waals surface area contributed by atoms with E-state index in [1.54, 1.807) is 0 Å². The Morgan fingerprint density at radius 1 is 0.533 bits per heavy atom. The lowest BCUT2D eigenvalue weighted by Crippen LogP contribution is -2.37. The van der Waals surface area contributed by atoms with E-state index in [-0.39, 0.29) is 32.0 Å². The number of hydrogen-bond donors (Lipinski definition) is 0. The Morgan fingerprint density at radius 2 is 0.950 bits per heavy atom. The smallest absolute Gasteiger partial charge is 0.306 e. The highest BCUT2D eigenvalue weighted by Gasteiger charge is 2.21. The minimum absolute atomic E-state index is 0.0346. The zero-order valence-electron chi connectivity index (χ0n) is 39.1. The van der Waals surface area contributed by atoms with Gasteiger partial charge in [-0.3, -0.25) is 14.2 Å². The van der Waals surface area contributed by atoms with Gasteiger partial charge in [-0.05, 0) is 57.8 Å². The lowest BCUT2D eigenvalue weighted by atomic mass is 10.0. The third-order valence-electron chi connectivity index (χ3n) is 10.1. The van der Waals surface area contributed by atoms with Gasteiger partial charge < -0.3 is 27.9 Å². The number of carbonyl (C=O) groups is 2. The van der Waals surface area contributed by atoms with Gasteiger partial charge in [0.2, 0.25) is 0 Å². The van der Waals surface area contributed by atoms with Crippen LogP contribution in [0.5, 0.6) is 0 Å². The van der Waals surface area contributed by atoms with Gasteiger partial charge in [0.1, 0.15) is 19.8 Å². The van der Waals surface area contributed by atoms with E-state index in [2.05, 4.69) is 74.6 Å². The monoisotopic (exact) mass is 864 g/mol. The summed E-state index contributed by atoms with van der Waals surface area (Å²) in [4.78, 5) is 37.6. The maximum Gasteiger partial charge on any atom is 0.306 e. The number of likely N-dealkylation sites (N-methyl/N-ethyl adjacent to an activating group) is 1. The highest BCUT2D eigenvalue weighted by molar-refractivity contribution is 7.45. The van der Waals surface area contributed by atoms with Gasteiger partial charge in [-0.15, -0.1) is 0 Å². The number of hydrogen-bond acceptors (Lipinski definition) is 8. The van der Waals surface area contributed by atoms with E-state index in [0.29, 0.717) is 17.4 Å². The molecule has 0 amide bonds. The summed E-state index contributed by atoms with van der Waals surface area (Å²) in [7, 11) is 1.15. The molecule has 0 aromatic carbocycles. The van der Waals surface area contributed by atoms with Crippen LogP contribution in [0.15, 0.2) is 60.8 Å². The summed E-state index contributed by atoms with van der Waals surface area (Å²) in [5.41, 5.74) is 0. The summed E-state index contributed by atoms with van der Waals surface area (Å²) in [5, 5.41) is 0. The number of quaternary nitrogens is 1. The highest BCUT2D eigenvalue weighted by atomic mass is 31.2. The van der Waals surface area contributed by atoms with Gasteiger partial charge in [0, 0.05) is 12.8 Å². The molecule has 0 fully saturated rings. The summed E-state index contributed by atoms with van der Waals surface area (Å²) < 4.78 is 34.0. The number of allylic oxidation sites excluding steroid dienone is 10. The zero-order chi connectivity index (χ0) is 44.3. The number of unbranched alkanes of at least 4 members (excludes halogenated alkanes) is 19. The molecule has 0 rings (SSSR count). The largest absolute Gasteiger partial charge is 0.756 e. The Kier molecular flexibility index (Phi) is 40.4. The van der Waals surface area contributed by atoms with E-state index in [4.69, 9.17) is 18.5 Å². The molecule has 0 bridgehead atoms. The lowest BCUT2D eigenvalue weighted by Gasteiger charge is -2.28. The summed E-state index contributed by atoms with van der Waals surface area (Å²) >= 11 is 0. The van der Waals surface area contributed by atoms with Crippen molar-refractivity contribution in [2.45, 2.75) is 200 Å². The van der Waals surface area contributed by atoms with Crippen LogP contribution in [0.4, 0.5) is 0 Å². The third kappa shape index (κ3) is 45.2. The van der Waals surface area contributed by atoms with Crippen molar-refractivity contribution in [1.29, 1.82) is 0 Å². The van der Waals surface area contributed by atoms with E-state index in [0.717, 1.165) is 77.0 Å². The molecule has 60 heavy (non-hydrogen) atoms. The van der Waals surface area contributed by atoms with Gasteiger partial charge in [0.25, 0.3) is 7.82 Å². The van der Waals surface area contributed by atoms with E-state index < -0.39 is 26.5 Å². The Bertz CT molecular complexity index is 1210. The predicted octanol–water partition coefficient (Wildman–Crippen LogP) is 13.4. The van der Waals surface area contributed by atoms with Crippen LogP contribution in [0.1, 0.15) is 194 Å². The van der Waals surface area contributed by atoms with Crippen LogP contribution in [-0.2, 0) is 32.7 Å². The molecular weight excluding hydrogens is 774 g/mol. The normalized spacial score (nSPS) is 14.0. The molecular formula is C50H90NO8P. The summed E-state index contributed by atoms with van der Waals surface area (Å²) in [6, 6.07) is 0. The second-order valence-electron chi connectivity index (χ2n) is 17.1. The fraction of sp³-hybridized carbons (Fsp3) is 0.760. The van der Waals surface area contributed by atoms with E-state index in [1.807, 2.05) is 21.1 Å². The molecule has 0 aromatic heterocycles. The van der Waals surface area contributed by atoms with E-state index in [9.17, 15) is 19.0 Å². The van der Waals surface area contributed by atoms with Crippen molar-refractivity contribution >= 4 is 19.8 Å². The second kappa shape index (κ2) is 42.0. The fourth-order valence-electron chi connectivity index (χ4n) is 6.33. The number of nitrogens with zero attached hydrogens (tertiary/aromatic N) is 1. The maximum atomic E-state index is 12.7. The molecule has 9 nitrogen and oxygen atoms in total. The van der Waals surface area contributed by atoms with Crippen LogP contribution in [0.3, 0.4) is 0 Å². The highest BCUT2D eigenvalue weighted by Crippen LogP contribution is 2.38. The van der Waals surface area contributed by atoms with Crippen LogP contribution in [0.2, 0.25) is 0 Å². The Morgan fingerprint density at radius 3 is 1.42 bits per heavy atom. The van der Waals surface area contributed by atoms with Gasteiger partial charge in [-0.1, -0.05) is 184 Å². The van der Waals surface area contributed by atoms with Crippen molar-refractivity contribution in [1.82, 2.24) is 0 Å². The van der Waals surface area contributed by atoms with Crippen LogP contribution < -0.4 is 4.89 Å². The third-order valence-corrected chi connectivity index (χ3v) is 11.0. The zero-order valence-corrected chi connectivity index (χ0v) is 40.0. The lowest BCUT2D eigenvalue weighted by molar-refractivity contribution is -0.870. The Labute approximate surface area is 368 Å². The average Bonchev–Trinajstić information content (AvgIpc) is 3.20. The molecule has 0 saturated heterocycles. The summed E-state index contributed by atoms with van der Waals surface area (Å²) in [5.74, 6) is -0.846. The van der Waals surface area contributed by atoms with Crippen LogP contribution >= 0.6 is 7.82 Å². The first kappa shape index (κ1) is 57.7. The van der Waals surface area contributed by atoms with Crippen molar-refractivity contribution in [3.8, 4) is 0 Å². The second-order valence-corrected chi connectivity index (χ2v) is 18.5. The standard InChI is InChI=1S/C50H90NO8P/c1-6-8-10-12-14-16-18-20-21-22-23-24-25-26-27-28-29-31-33-35-37-39-41-43-50(53)59-48(47-58-60(54,55)57-45-44-51(3,4)5)46-56-49(52)42-40-38-36-34-32-30-19-17-15-13-11-9-7-2/h8,10,14,16,20-21,23-24,26-27,48H,6-7,9,11-13,15,17-19,22,25,28-47H2,1-5H3/b10-8-,16-14-,21-20-,24-23-,27-26-. The first-order valence-corrected chi connectivity index (χ1v) is 25.5. The Balaban J connectivity index is 4.30. The van der Waals surface area contributed by atoms with Crippen LogP contribution in [0, 0.1) is 0 Å². The van der Waals surface area contributed by atoms with Gasteiger partial charge in [-0.25, -0.2) is 0 Å². The molecule has 0 radical (unpaired) electrons. The molecule has 0 aliphatic rings. The number of rotatable bonds is 43. The van der Waals surface area contributed by atoms with Gasteiger partial charge in [0.15, 0.2) is 6.10 Å². The molecule has 0 saturated carbocycles. The van der Waals surface area contributed by atoms with E-state index in [1.165, 1.54) is 83.5 Å². The number of phosphoric acid groups is 1. The van der Waals surface area contributed by atoms with Crippen molar-refractivity contribution in [3.05, 3.63) is 60.8 Å². The fourth-order valence-corrected chi connectivity index (χ4v) is 7.06.